The fraction of sp³-hybridized carbons (Fsp3) is 0.474. The average Bonchev–Trinajstić information content (AvgIpc) is 3.05. The fourth-order valence-corrected chi connectivity index (χ4v) is 3.07. The van der Waals surface area contributed by atoms with Crippen LogP contribution in [0.4, 0.5) is 0 Å². The molecule has 2 aromatic rings. The number of hydrogen-bond donors (Lipinski definition) is 2. The number of rotatable bonds is 4. The summed E-state index contributed by atoms with van der Waals surface area (Å²) in [5.41, 5.74) is 1.88. The number of guanidine groups is 1. The van der Waals surface area contributed by atoms with Gasteiger partial charge in [-0.25, -0.2) is 0 Å². The minimum Gasteiger partial charge on any atom is -0.487 e. The van der Waals surface area contributed by atoms with E-state index in [1.165, 1.54) is 0 Å². The number of hydrogen-bond acceptors (Lipinski definition) is 4. The Bertz CT molecular complexity index is 758. The van der Waals surface area contributed by atoms with Crippen molar-refractivity contribution in [1.82, 2.24) is 15.8 Å². The van der Waals surface area contributed by atoms with Gasteiger partial charge in [-0.15, -0.1) is 24.0 Å². The van der Waals surface area contributed by atoms with Crippen LogP contribution in [0, 0.1) is 0 Å². The molecule has 1 atom stereocenters. The van der Waals surface area contributed by atoms with Crippen molar-refractivity contribution < 1.29 is 9.26 Å². The van der Waals surface area contributed by atoms with Gasteiger partial charge in [0.2, 0.25) is 0 Å². The molecule has 1 aliphatic rings. The van der Waals surface area contributed by atoms with Crippen LogP contribution >= 0.6 is 24.0 Å². The molecule has 2 N–H and O–H groups in total. The number of para-hydroxylation sites is 1. The van der Waals surface area contributed by atoms with Gasteiger partial charge in [0.15, 0.2) is 11.7 Å². The largest absolute Gasteiger partial charge is 0.487 e. The van der Waals surface area contributed by atoms with Crippen LogP contribution in [0.25, 0.3) is 0 Å². The molecule has 1 aromatic heterocycles. The van der Waals surface area contributed by atoms with E-state index in [0.29, 0.717) is 6.54 Å². The third-order valence-corrected chi connectivity index (χ3v) is 4.31. The van der Waals surface area contributed by atoms with Crippen molar-refractivity contribution in [2.45, 2.75) is 51.8 Å². The number of aliphatic imine (C=N–C) groups is 1. The van der Waals surface area contributed by atoms with E-state index in [-0.39, 0.29) is 35.6 Å². The number of aromatic nitrogens is 1. The molecule has 3 rings (SSSR count). The molecule has 1 unspecified atom stereocenters. The number of nitrogens with one attached hydrogen (secondary N) is 2. The van der Waals surface area contributed by atoms with Crippen LogP contribution in [0.2, 0.25) is 0 Å². The van der Waals surface area contributed by atoms with Crippen molar-refractivity contribution >= 4 is 29.9 Å². The van der Waals surface area contributed by atoms with Crippen LogP contribution in [0.3, 0.4) is 0 Å². The highest BCUT2D eigenvalue weighted by Crippen LogP contribution is 2.39. The fourth-order valence-electron chi connectivity index (χ4n) is 3.07. The summed E-state index contributed by atoms with van der Waals surface area (Å²) in [6, 6.07) is 10.2. The molecule has 0 radical (unpaired) electrons. The van der Waals surface area contributed by atoms with Crippen LogP contribution in [-0.2, 0) is 13.0 Å². The van der Waals surface area contributed by atoms with Crippen LogP contribution in [-0.4, -0.2) is 23.8 Å². The summed E-state index contributed by atoms with van der Waals surface area (Å²) in [7, 11) is 1.77. The zero-order chi connectivity index (χ0) is 17.9. The highest BCUT2D eigenvalue weighted by molar-refractivity contribution is 14.0. The Labute approximate surface area is 171 Å². The summed E-state index contributed by atoms with van der Waals surface area (Å²) >= 11 is 0. The molecule has 2 heterocycles. The summed E-state index contributed by atoms with van der Waals surface area (Å²) in [5.74, 6) is 2.45. The topological polar surface area (TPSA) is 71.7 Å². The van der Waals surface area contributed by atoms with Gasteiger partial charge in [-0.3, -0.25) is 4.99 Å². The molecule has 0 spiro atoms. The summed E-state index contributed by atoms with van der Waals surface area (Å²) in [6.45, 7) is 6.81. The van der Waals surface area contributed by atoms with Crippen LogP contribution < -0.4 is 15.4 Å². The second-order valence-electron chi connectivity index (χ2n) is 6.86. The van der Waals surface area contributed by atoms with Crippen molar-refractivity contribution in [2.24, 2.45) is 4.99 Å². The van der Waals surface area contributed by atoms with E-state index in [1.54, 1.807) is 7.05 Å². The standard InChI is InChI=1S/C19H26N4O2.HI/c1-5-13-10-14(25-23-13)12-21-18(20-4)22-16-11-19(2,3)24-17-9-7-6-8-15(16)17;/h6-10,16H,5,11-12H2,1-4H3,(H2,20,21,22);1H. The van der Waals surface area contributed by atoms with Gasteiger partial charge >= 0.3 is 0 Å². The van der Waals surface area contributed by atoms with Gasteiger partial charge < -0.3 is 19.9 Å². The monoisotopic (exact) mass is 470 g/mol. The highest BCUT2D eigenvalue weighted by atomic mass is 127. The molecular weight excluding hydrogens is 443 g/mol. The predicted molar refractivity (Wildman–Crippen MR) is 113 cm³/mol. The Hall–Kier alpha value is -1.77. The molecule has 0 amide bonds. The Morgan fingerprint density at radius 1 is 1.35 bits per heavy atom. The second-order valence-corrected chi connectivity index (χ2v) is 6.86. The number of nitrogens with zero attached hydrogens (tertiary/aromatic N) is 2. The van der Waals surface area contributed by atoms with E-state index < -0.39 is 0 Å². The van der Waals surface area contributed by atoms with Crippen molar-refractivity contribution in [3.05, 3.63) is 47.3 Å². The minimum atomic E-state index is -0.230. The van der Waals surface area contributed by atoms with Crippen LogP contribution in [0.1, 0.15) is 50.3 Å². The lowest BCUT2D eigenvalue weighted by Crippen LogP contribution is -2.45. The van der Waals surface area contributed by atoms with E-state index in [4.69, 9.17) is 9.26 Å². The first-order valence-electron chi connectivity index (χ1n) is 8.70. The van der Waals surface area contributed by atoms with Crippen LogP contribution in [0.15, 0.2) is 39.8 Å². The van der Waals surface area contributed by atoms with Crippen molar-refractivity contribution in [3.63, 3.8) is 0 Å². The van der Waals surface area contributed by atoms with E-state index >= 15 is 0 Å². The lowest BCUT2D eigenvalue weighted by atomic mass is 9.90. The maximum Gasteiger partial charge on any atom is 0.191 e. The summed E-state index contributed by atoms with van der Waals surface area (Å²) in [6.07, 6.45) is 1.72. The molecular formula is C19H27IN4O2. The third-order valence-electron chi connectivity index (χ3n) is 4.31. The van der Waals surface area contributed by atoms with Gasteiger partial charge in [0.25, 0.3) is 0 Å². The Balaban J connectivity index is 0.00000243. The molecule has 0 saturated carbocycles. The first kappa shape index (κ1) is 20.5. The van der Waals surface area contributed by atoms with Crippen molar-refractivity contribution in [1.29, 1.82) is 0 Å². The molecule has 0 saturated heterocycles. The zero-order valence-electron chi connectivity index (χ0n) is 15.7. The normalized spacial score (nSPS) is 18.3. The van der Waals surface area contributed by atoms with Crippen LogP contribution in [0.5, 0.6) is 5.75 Å². The molecule has 1 aromatic carbocycles. The highest BCUT2D eigenvalue weighted by Gasteiger charge is 2.33. The quantitative estimate of drug-likeness (QED) is 0.404. The molecule has 142 valence electrons. The van der Waals surface area contributed by atoms with Gasteiger partial charge in [-0.1, -0.05) is 30.3 Å². The smallest absolute Gasteiger partial charge is 0.191 e. The molecule has 26 heavy (non-hydrogen) atoms. The number of benzene rings is 1. The maximum absolute atomic E-state index is 6.09. The summed E-state index contributed by atoms with van der Waals surface area (Å²) in [4.78, 5) is 4.34. The van der Waals surface area contributed by atoms with E-state index in [9.17, 15) is 0 Å². The second kappa shape index (κ2) is 8.75. The molecule has 7 heteroatoms. The lowest BCUT2D eigenvalue weighted by molar-refractivity contribution is 0.0694. The molecule has 0 fully saturated rings. The van der Waals surface area contributed by atoms with E-state index in [0.717, 1.165) is 41.6 Å². The SMILES string of the molecule is CCc1cc(CNC(=NC)NC2CC(C)(C)Oc3ccccc32)on1.I. The predicted octanol–water partition coefficient (Wildman–Crippen LogP) is 3.82. The molecule has 0 bridgehead atoms. The van der Waals surface area contributed by atoms with Crippen molar-refractivity contribution in [3.8, 4) is 5.75 Å². The van der Waals surface area contributed by atoms with Gasteiger partial charge in [0, 0.05) is 25.1 Å². The Morgan fingerprint density at radius 3 is 2.81 bits per heavy atom. The first-order valence-corrected chi connectivity index (χ1v) is 8.70. The number of halogens is 1. The minimum absolute atomic E-state index is 0. The third kappa shape index (κ3) is 4.90. The number of fused-ring (bicyclic) bond motifs is 1. The molecule has 1 aliphatic heterocycles. The van der Waals surface area contributed by atoms with Gasteiger partial charge in [-0.05, 0) is 26.3 Å². The Morgan fingerprint density at radius 2 is 2.12 bits per heavy atom. The average molecular weight is 470 g/mol. The van der Waals surface area contributed by atoms with E-state index in [2.05, 4.69) is 47.6 Å². The Kier molecular flexibility index (Phi) is 6.91. The molecule has 0 aliphatic carbocycles. The van der Waals surface area contributed by atoms with Gasteiger partial charge in [-0.2, -0.15) is 0 Å². The first-order chi connectivity index (χ1) is 12.0. The molecule has 6 nitrogen and oxygen atoms in total. The summed E-state index contributed by atoms with van der Waals surface area (Å²) in [5, 5.41) is 10.8. The maximum atomic E-state index is 6.09. The van der Waals surface area contributed by atoms with Crippen molar-refractivity contribution in [2.75, 3.05) is 7.05 Å². The number of aryl methyl sites for hydroxylation is 1. The number of ether oxygens (including phenoxy) is 1. The van der Waals surface area contributed by atoms with E-state index in [1.807, 2.05) is 24.3 Å². The zero-order valence-corrected chi connectivity index (χ0v) is 18.0. The lowest BCUT2D eigenvalue weighted by Gasteiger charge is -2.38. The van der Waals surface area contributed by atoms with Gasteiger partial charge in [0.05, 0.1) is 18.3 Å². The summed E-state index contributed by atoms with van der Waals surface area (Å²) < 4.78 is 11.4. The van der Waals surface area contributed by atoms with Gasteiger partial charge in [0.1, 0.15) is 11.4 Å².